The fourth-order valence-electron chi connectivity index (χ4n) is 1.85. The minimum Gasteiger partial charge on any atom is -0.502 e. The van der Waals surface area contributed by atoms with E-state index in [1.165, 1.54) is 13.2 Å². The second-order valence-corrected chi connectivity index (χ2v) is 4.89. The molecule has 0 aliphatic carbocycles. The number of methoxy groups -OCH3 is 1. The molecule has 134 valence electrons. The van der Waals surface area contributed by atoms with E-state index in [0.29, 0.717) is 11.4 Å². The number of nitrogens with one attached hydrogen (secondary N) is 2. The molecule has 0 saturated heterocycles. The topological polar surface area (TPSA) is 143 Å². The van der Waals surface area contributed by atoms with Gasteiger partial charge in [-0.25, -0.2) is 5.43 Å². The summed E-state index contributed by atoms with van der Waals surface area (Å²) in [5.41, 5.74) is 2.14. The van der Waals surface area contributed by atoms with Gasteiger partial charge in [0.1, 0.15) is 5.75 Å². The molecule has 26 heavy (non-hydrogen) atoms. The van der Waals surface area contributed by atoms with Gasteiger partial charge >= 0.3 is 17.5 Å². The van der Waals surface area contributed by atoms with Crippen molar-refractivity contribution >= 4 is 29.4 Å². The van der Waals surface area contributed by atoms with E-state index in [4.69, 9.17) is 4.74 Å². The van der Waals surface area contributed by atoms with E-state index in [2.05, 4.69) is 10.4 Å². The van der Waals surface area contributed by atoms with Crippen LogP contribution in [0.25, 0.3) is 0 Å². The molecule has 2 aromatic carbocycles. The molecule has 10 nitrogen and oxygen atoms in total. The van der Waals surface area contributed by atoms with Crippen LogP contribution < -0.4 is 15.5 Å². The summed E-state index contributed by atoms with van der Waals surface area (Å²) in [5.74, 6) is -1.86. The Kier molecular flexibility index (Phi) is 5.83. The molecule has 10 heteroatoms. The molecule has 0 radical (unpaired) electrons. The number of ether oxygens (including phenoxy) is 1. The van der Waals surface area contributed by atoms with Gasteiger partial charge in [0, 0.05) is 17.3 Å². The first kappa shape index (κ1) is 18.4. The van der Waals surface area contributed by atoms with Crippen molar-refractivity contribution in [2.75, 3.05) is 12.4 Å². The van der Waals surface area contributed by atoms with Crippen LogP contribution in [0.15, 0.2) is 47.6 Å². The van der Waals surface area contributed by atoms with E-state index < -0.39 is 28.2 Å². The number of nitro benzene ring substituents is 1. The highest BCUT2D eigenvalue weighted by Crippen LogP contribution is 2.25. The van der Waals surface area contributed by atoms with Crippen molar-refractivity contribution < 1.29 is 24.4 Å². The average Bonchev–Trinajstić information content (AvgIpc) is 2.63. The maximum atomic E-state index is 11.7. The van der Waals surface area contributed by atoms with E-state index in [1.54, 1.807) is 24.3 Å². The number of hydrogen-bond donors (Lipinski definition) is 3. The van der Waals surface area contributed by atoms with Crippen molar-refractivity contribution in [1.82, 2.24) is 5.43 Å². The molecule has 0 unspecified atom stereocenters. The quantitative estimate of drug-likeness (QED) is 0.319. The largest absolute Gasteiger partial charge is 0.502 e. The molecule has 0 aromatic heterocycles. The maximum Gasteiger partial charge on any atom is 0.329 e. The van der Waals surface area contributed by atoms with Gasteiger partial charge in [-0.15, -0.1) is 0 Å². The Bertz CT molecular complexity index is 864. The zero-order valence-corrected chi connectivity index (χ0v) is 13.5. The molecular formula is C16H14N4O6. The Morgan fingerprint density at radius 2 is 1.88 bits per heavy atom. The normalized spacial score (nSPS) is 10.3. The number of phenolic OH excluding ortho intramolecular Hbond substituents is 1. The lowest BCUT2D eigenvalue weighted by Crippen LogP contribution is -2.32. The van der Waals surface area contributed by atoms with Crippen LogP contribution in [0.3, 0.4) is 0 Å². The molecule has 0 fully saturated rings. The molecular weight excluding hydrogens is 344 g/mol. The van der Waals surface area contributed by atoms with Gasteiger partial charge in [-0.3, -0.25) is 19.7 Å². The predicted octanol–water partition coefficient (Wildman–Crippen LogP) is 1.40. The number of phenols is 1. The third-order valence-electron chi connectivity index (χ3n) is 3.13. The molecule has 0 saturated carbocycles. The van der Waals surface area contributed by atoms with Gasteiger partial charge in [0.05, 0.1) is 18.2 Å². The maximum absolute atomic E-state index is 11.7. The summed E-state index contributed by atoms with van der Waals surface area (Å²) in [7, 11) is 1.50. The number of hydrazone groups is 1. The van der Waals surface area contributed by atoms with Crippen molar-refractivity contribution in [2.45, 2.75) is 0 Å². The number of anilines is 1. The highest BCUT2D eigenvalue weighted by Gasteiger charge is 2.14. The summed E-state index contributed by atoms with van der Waals surface area (Å²) < 4.78 is 4.98. The lowest BCUT2D eigenvalue weighted by molar-refractivity contribution is -0.385. The predicted molar refractivity (Wildman–Crippen MR) is 92.1 cm³/mol. The Morgan fingerprint density at radius 3 is 2.50 bits per heavy atom. The fraction of sp³-hybridized carbons (Fsp3) is 0.0625. The molecule has 2 rings (SSSR count). The fourth-order valence-corrected chi connectivity index (χ4v) is 1.85. The third-order valence-corrected chi connectivity index (χ3v) is 3.13. The van der Waals surface area contributed by atoms with E-state index >= 15 is 0 Å². The molecule has 0 spiro atoms. The van der Waals surface area contributed by atoms with Crippen LogP contribution in [-0.4, -0.2) is 35.2 Å². The van der Waals surface area contributed by atoms with Crippen LogP contribution in [-0.2, 0) is 9.59 Å². The van der Waals surface area contributed by atoms with Crippen LogP contribution in [0.1, 0.15) is 5.56 Å². The van der Waals surface area contributed by atoms with Gasteiger partial charge < -0.3 is 15.2 Å². The van der Waals surface area contributed by atoms with Crippen molar-refractivity contribution in [2.24, 2.45) is 5.10 Å². The second-order valence-electron chi connectivity index (χ2n) is 4.89. The van der Waals surface area contributed by atoms with Crippen LogP contribution in [0, 0.1) is 10.1 Å². The van der Waals surface area contributed by atoms with Crippen molar-refractivity contribution in [3.8, 4) is 11.5 Å². The minimum absolute atomic E-state index is 0.255. The monoisotopic (exact) mass is 358 g/mol. The van der Waals surface area contributed by atoms with Gasteiger partial charge in [-0.05, 0) is 36.4 Å². The van der Waals surface area contributed by atoms with Gasteiger partial charge in [0.2, 0.25) is 0 Å². The SMILES string of the molecule is COc1ccc(NC(=O)C(=O)N/N=C/c2ccc(O)c([N+](=O)[O-])c2)cc1. The zero-order chi connectivity index (χ0) is 19.1. The first-order valence-corrected chi connectivity index (χ1v) is 7.16. The van der Waals surface area contributed by atoms with Crippen molar-refractivity contribution in [3.63, 3.8) is 0 Å². The molecule has 0 aliphatic rings. The number of benzene rings is 2. The lowest BCUT2D eigenvalue weighted by atomic mass is 10.2. The number of nitro groups is 1. The smallest absolute Gasteiger partial charge is 0.329 e. The average molecular weight is 358 g/mol. The third kappa shape index (κ3) is 4.77. The van der Waals surface area contributed by atoms with Crippen molar-refractivity contribution in [1.29, 1.82) is 0 Å². The Labute approximate surface area is 147 Å². The molecule has 0 heterocycles. The van der Waals surface area contributed by atoms with Crippen molar-refractivity contribution in [3.05, 3.63) is 58.1 Å². The molecule has 2 aromatic rings. The number of hydrogen-bond acceptors (Lipinski definition) is 7. The first-order valence-electron chi connectivity index (χ1n) is 7.16. The van der Waals surface area contributed by atoms with Gasteiger partial charge in [0.15, 0.2) is 5.75 Å². The van der Waals surface area contributed by atoms with E-state index in [9.17, 15) is 24.8 Å². The molecule has 0 aliphatic heterocycles. The number of carbonyl (C=O) groups excluding carboxylic acids is 2. The van der Waals surface area contributed by atoms with Gasteiger partial charge in [-0.1, -0.05) is 0 Å². The Morgan fingerprint density at radius 1 is 1.19 bits per heavy atom. The zero-order valence-electron chi connectivity index (χ0n) is 13.5. The number of nitrogens with zero attached hydrogens (tertiary/aromatic N) is 2. The number of rotatable bonds is 5. The highest BCUT2D eigenvalue weighted by molar-refractivity contribution is 6.39. The summed E-state index contributed by atoms with van der Waals surface area (Å²) >= 11 is 0. The summed E-state index contributed by atoms with van der Waals surface area (Å²) in [6.45, 7) is 0. The molecule has 0 atom stereocenters. The molecule has 2 amide bonds. The summed E-state index contributed by atoms with van der Waals surface area (Å²) in [6, 6.07) is 9.90. The first-order chi connectivity index (χ1) is 12.4. The van der Waals surface area contributed by atoms with Crippen LogP contribution in [0.4, 0.5) is 11.4 Å². The molecule has 3 N–H and O–H groups in total. The number of aromatic hydroxyl groups is 1. The van der Waals surface area contributed by atoms with E-state index in [0.717, 1.165) is 18.3 Å². The van der Waals surface area contributed by atoms with E-state index in [-0.39, 0.29) is 5.56 Å². The highest BCUT2D eigenvalue weighted by atomic mass is 16.6. The van der Waals surface area contributed by atoms with Gasteiger partial charge in [-0.2, -0.15) is 5.10 Å². The standard InChI is InChI=1S/C16H14N4O6/c1-26-12-5-3-11(4-6-12)18-15(22)16(23)19-17-9-10-2-7-14(21)13(8-10)20(24)25/h2-9,21H,1H3,(H,18,22)(H,19,23)/b17-9+. The van der Waals surface area contributed by atoms with Crippen LogP contribution in [0.5, 0.6) is 11.5 Å². The minimum atomic E-state index is -1.02. The second kappa shape index (κ2) is 8.24. The summed E-state index contributed by atoms with van der Waals surface area (Å²) in [6.07, 6.45) is 1.10. The number of carbonyl (C=O) groups is 2. The van der Waals surface area contributed by atoms with E-state index in [1.807, 2.05) is 5.43 Å². The van der Waals surface area contributed by atoms with Crippen LogP contribution in [0.2, 0.25) is 0 Å². The number of amides is 2. The Hall–Kier alpha value is -3.95. The lowest BCUT2D eigenvalue weighted by Gasteiger charge is -2.05. The van der Waals surface area contributed by atoms with Crippen LogP contribution >= 0.6 is 0 Å². The Balaban J connectivity index is 1.94. The van der Waals surface area contributed by atoms with Gasteiger partial charge in [0.25, 0.3) is 0 Å². The summed E-state index contributed by atoms with van der Waals surface area (Å²) in [4.78, 5) is 33.4. The summed E-state index contributed by atoms with van der Waals surface area (Å²) in [5, 5.41) is 26.0. The molecule has 0 bridgehead atoms.